The van der Waals surface area contributed by atoms with Crippen LogP contribution in [0.1, 0.15) is 47.1 Å². The summed E-state index contributed by atoms with van der Waals surface area (Å²) in [5, 5.41) is 2.71. The minimum Gasteiger partial charge on any atom is -0.462 e. The first-order valence-corrected chi connectivity index (χ1v) is 12.3. The zero-order chi connectivity index (χ0) is 24.5. The lowest BCUT2D eigenvalue weighted by atomic mass is 9.97. The van der Waals surface area contributed by atoms with Crippen molar-refractivity contribution in [2.24, 2.45) is 13.0 Å². The topological polar surface area (TPSA) is 97.7 Å². The van der Waals surface area contributed by atoms with Gasteiger partial charge in [0.25, 0.3) is 0 Å². The fourth-order valence-electron chi connectivity index (χ4n) is 4.08. The number of aromatic nitrogens is 1. The van der Waals surface area contributed by atoms with Crippen molar-refractivity contribution in [3.63, 3.8) is 0 Å². The molecule has 1 fully saturated rings. The Labute approximate surface area is 193 Å². The van der Waals surface area contributed by atoms with Gasteiger partial charge in [-0.2, -0.15) is 4.31 Å². The van der Waals surface area contributed by atoms with E-state index in [1.807, 2.05) is 0 Å². The summed E-state index contributed by atoms with van der Waals surface area (Å²) in [5.74, 6) is -1.74. The molecule has 1 aliphatic heterocycles. The number of nitrogens with zero attached hydrogens (tertiary/aromatic N) is 2. The van der Waals surface area contributed by atoms with Gasteiger partial charge in [-0.3, -0.25) is 4.79 Å². The van der Waals surface area contributed by atoms with E-state index >= 15 is 0 Å². The first-order chi connectivity index (χ1) is 15.5. The molecule has 2 heterocycles. The third kappa shape index (κ3) is 4.81. The Bertz CT molecular complexity index is 1180. The summed E-state index contributed by atoms with van der Waals surface area (Å²) in [6, 6.07) is 4.49. The number of sulfonamides is 1. The third-order valence-corrected chi connectivity index (χ3v) is 8.33. The molecule has 1 amide bonds. The van der Waals surface area contributed by atoms with E-state index in [2.05, 4.69) is 5.32 Å². The minimum absolute atomic E-state index is 0.0426. The van der Waals surface area contributed by atoms with E-state index in [9.17, 15) is 22.4 Å². The standard InChI is InChI=1S/C23H30FN3O5S/c1-6-32-23(29)20-15(3)26(5)16(4)21(20)33(30,31)27-11-9-17(10-12-27)22(28)25-18-8-7-14(2)19(24)13-18/h7-8,13,17H,6,9-12H2,1-5H3,(H,25,28). The van der Waals surface area contributed by atoms with Crippen LogP contribution in [-0.2, 0) is 26.6 Å². The predicted octanol–water partition coefficient (Wildman–Crippen LogP) is 3.31. The van der Waals surface area contributed by atoms with Crippen LogP contribution in [0.2, 0.25) is 0 Å². The number of piperidine rings is 1. The Morgan fingerprint density at radius 2 is 1.79 bits per heavy atom. The Balaban J connectivity index is 1.76. The van der Waals surface area contributed by atoms with Gasteiger partial charge in [-0.05, 0) is 58.2 Å². The number of aryl methyl sites for hydroxylation is 1. The molecule has 0 atom stereocenters. The van der Waals surface area contributed by atoms with Gasteiger partial charge in [0.2, 0.25) is 15.9 Å². The van der Waals surface area contributed by atoms with Crippen molar-refractivity contribution < 1.29 is 27.1 Å². The molecule has 0 spiro atoms. The number of ether oxygens (including phenoxy) is 1. The Morgan fingerprint density at radius 3 is 2.36 bits per heavy atom. The van der Waals surface area contributed by atoms with Crippen molar-refractivity contribution in [1.82, 2.24) is 8.87 Å². The van der Waals surface area contributed by atoms with Gasteiger partial charge in [0.1, 0.15) is 16.3 Å². The summed E-state index contributed by atoms with van der Waals surface area (Å²) in [5.41, 5.74) is 1.88. The van der Waals surface area contributed by atoms with Crippen LogP contribution >= 0.6 is 0 Å². The molecular formula is C23H30FN3O5S. The number of carbonyl (C=O) groups is 2. The molecule has 1 saturated heterocycles. The van der Waals surface area contributed by atoms with Crippen LogP contribution in [0.15, 0.2) is 23.1 Å². The smallest absolute Gasteiger partial charge is 0.341 e. The number of hydrogen-bond acceptors (Lipinski definition) is 5. The lowest BCUT2D eigenvalue weighted by Gasteiger charge is -2.30. The summed E-state index contributed by atoms with van der Waals surface area (Å²) in [6.45, 7) is 7.05. The molecule has 0 bridgehead atoms. The molecule has 8 nitrogen and oxygen atoms in total. The number of amides is 1. The summed E-state index contributed by atoms with van der Waals surface area (Å²) in [6.07, 6.45) is 0.637. The number of rotatable bonds is 6. The van der Waals surface area contributed by atoms with E-state index < -0.39 is 27.7 Å². The van der Waals surface area contributed by atoms with E-state index in [-0.39, 0.29) is 36.1 Å². The van der Waals surface area contributed by atoms with E-state index in [0.29, 0.717) is 35.5 Å². The van der Waals surface area contributed by atoms with Gasteiger partial charge in [0.05, 0.1) is 6.61 Å². The van der Waals surface area contributed by atoms with Gasteiger partial charge in [-0.1, -0.05) is 6.07 Å². The number of benzene rings is 1. The summed E-state index contributed by atoms with van der Waals surface area (Å²) in [4.78, 5) is 25.1. The molecule has 33 heavy (non-hydrogen) atoms. The van der Waals surface area contributed by atoms with Gasteiger partial charge in [0.15, 0.2) is 0 Å². The van der Waals surface area contributed by atoms with Crippen LogP contribution in [0.4, 0.5) is 10.1 Å². The van der Waals surface area contributed by atoms with Gasteiger partial charge < -0.3 is 14.6 Å². The highest BCUT2D eigenvalue weighted by molar-refractivity contribution is 7.89. The van der Waals surface area contributed by atoms with Crippen molar-refractivity contribution in [2.45, 2.75) is 45.4 Å². The van der Waals surface area contributed by atoms with Gasteiger partial charge in [0, 0.05) is 43.1 Å². The number of hydrogen-bond donors (Lipinski definition) is 1. The van der Waals surface area contributed by atoms with Crippen LogP contribution < -0.4 is 5.32 Å². The molecule has 0 aliphatic carbocycles. The average molecular weight is 480 g/mol. The molecular weight excluding hydrogens is 449 g/mol. The van der Waals surface area contributed by atoms with E-state index in [1.165, 1.54) is 10.4 Å². The Hall–Kier alpha value is -2.72. The quantitative estimate of drug-likeness (QED) is 0.641. The molecule has 10 heteroatoms. The molecule has 3 rings (SSSR count). The van der Waals surface area contributed by atoms with Crippen LogP contribution in [-0.4, -0.2) is 48.9 Å². The van der Waals surface area contributed by atoms with Crippen LogP contribution in [0.25, 0.3) is 0 Å². The molecule has 0 radical (unpaired) electrons. The molecule has 1 aliphatic rings. The lowest BCUT2D eigenvalue weighted by Crippen LogP contribution is -2.42. The first kappa shape index (κ1) is 24.9. The second-order valence-corrected chi connectivity index (χ2v) is 10.2. The van der Waals surface area contributed by atoms with Crippen molar-refractivity contribution in [2.75, 3.05) is 25.0 Å². The molecule has 1 aromatic carbocycles. The number of carbonyl (C=O) groups excluding carboxylic acids is 2. The summed E-state index contributed by atoms with van der Waals surface area (Å²) >= 11 is 0. The zero-order valence-electron chi connectivity index (χ0n) is 19.6. The highest BCUT2D eigenvalue weighted by Crippen LogP contribution is 2.32. The summed E-state index contributed by atoms with van der Waals surface area (Å²) in [7, 11) is -2.27. The molecule has 0 unspecified atom stereocenters. The number of esters is 1. The fraction of sp³-hybridized carbons (Fsp3) is 0.478. The fourth-order valence-corrected chi connectivity index (χ4v) is 6.03. The normalized spacial score (nSPS) is 15.5. The second-order valence-electron chi connectivity index (χ2n) is 8.29. The SMILES string of the molecule is CCOC(=O)c1c(S(=O)(=O)N2CCC(C(=O)Nc3ccc(C)c(F)c3)CC2)c(C)n(C)c1C. The van der Waals surface area contributed by atoms with Crippen LogP contribution in [0.5, 0.6) is 0 Å². The molecule has 1 aromatic heterocycles. The average Bonchev–Trinajstić information content (AvgIpc) is 3.01. The predicted molar refractivity (Wildman–Crippen MR) is 122 cm³/mol. The first-order valence-electron chi connectivity index (χ1n) is 10.9. The van der Waals surface area contributed by atoms with Crippen molar-refractivity contribution in [3.8, 4) is 0 Å². The number of nitrogens with one attached hydrogen (secondary N) is 1. The number of halogens is 1. The van der Waals surface area contributed by atoms with Crippen molar-refractivity contribution in [1.29, 1.82) is 0 Å². The summed E-state index contributed by atoms with van der Waals surface area (Å²) < 4.78 is 48.8. The highest BCUT2D eigenvalue weighted by atomic mass is 32.2. The molecule has 2 aromatic rings. The molecule has 180 valence electrons. The highest BCUT2D eigenvalue weighted by Gasteiger charge is 2.38. The van der Waals surface area contributed by atoms with E-state index in [4.69, 9.17) is 4.74 Å². The van der Waals surface area contributed by atoms with Crippen LogP contribution in [0.3, 0.4) is 0 Å². The maximum absolute atomic E-state index is 13.8. The lowest BCUT2D eigenvalue weighted by molar-refractivity contribution is -0.120. The largest absolute Gasteiger partial charge is 0.462 e. The van der Waals surface area contributed by atoms with Crippen molar-refractivity contribution in [3.05, 3.63) is 46.5 Å². The number of anilines is 1. The zero-order valence-corrected chi connectivity index (χ0v) is 20.4. The van der Waals surface area contributed by atoms with Crippen LogP contribution in [0, 0.1) is 32.5 Å². The van der Waals surface area contributed by atoms with E-state index in [1.54, 1.807) is 51.4 Å². The minimum atomic E-state index is -3.98. The van der Waals surface area contributed by atoms with Gasteiger partial charge in [-0.15, -0.1) is 0 Å². The molecule has 0 saturated carbocycles. The Kier molecular flexibility index (Phi) is 7.28. The second kappa shape index (κ2) is 9.64. The van der Waals surface area contributed by atoms with Gasteiger partial charge in [-0.25, -0.2) is 17.6 Å². The molecule has 1 N–H and O–H groups in total. The van der Waals surface area contributed by atoms with Crippen molar-refractivity contribution >= 4 is 27.6 Å². The third-order valence-electron chi connectivity index (χ3n) is 6.27. The maximum atomic E-state index is 13.8. The Morgan fingerprint density at radius 1 is 1.15 bits per heavy atom. The van der Waals surface area contributed by atoms with E-state index in [0.717, 1.165) is 0 Å². The monoisotopic (exact) mass is 479 g/mol. The maximum Gasteiger partial charge on any atom is 0.341 e. The van der Waals surface area contributed by atoms with Gasteiger partial charge >= 0.3 is 5.97 Å².